The normalized spacial score (nSPS) is 10.8. The molecule has 4 nitrogen and oxygen atoms in total. The average molecular weight is 381 g/mol. The topological polar surface area (TPSA) is 50.7 Å². The van der Waals surface area contributed by atoms with Crippen molar-refractivity contribution >= 4 is 39.4 Å². The molecule has 0 fully saturated rings. The fourth-order valence-corrected chi connectivity index (χ4v) is 2.94. The Kier molecular flexibility index (Phi) is 6.61. The third-order valence-electron chi connectivity index (χ3n) is 2.82. The second kappa shape index (κ2) is 8.70. The van der Waals surface area contributed by atoms with Gasteiger partial charge < -0.3 is 4.74 Å². The molecule has 0 saturated carbocycles. The van der Waals surface area contributed by atoms with Gasteiger partial charge in [-0.2, -0.15) is 5.10 Å². The molecule has 0 saturated heterocycles. The van der Waals surface area contributed by atoms with Crippen molar-refractivity contribution in [1.29, 1.82) is 0 Å². The number of nitrogens with one attached hydrogen (secondary N) is 1. The van der Waals surface area contributed by atoms with Gasteiger partial charge in [0.2, 0.25) is 0 Å². The van der Waals surface area contributed by atoms with Crippen LogP contribution in [0.15, 0.2) is 45.3 Å². The maximum atomic E-state index is 11.7. The Morgan fingerprint density at radius 1 is 1.45 bits per heavy atom. The number of carbonyl (C=O) groups is 1. The number of carbonyl (C=O) groups excluding carboxylic acids is 1. The lowest BCUT2D eigenvalue weighted by molar-refractivity contribution is -0.123. The second-order valence-corrected chi connectivity index (χ2v) is 6.45. The first-order chi connectivity index (χ1) is 10.7. The average Bonchev–Trinajstić information content (AvgIpc) is 3.00. The van der Waals surface area contributed by atoms with Crippen molar-refractivity contribution in [3.8, 4) is 5.75 Å². The van der Waals surface area contributed by atoms with E-state index in [9.17, 15) is 4.79 Å². The minimum Gasteiger partial charge on any atom is -0.483 e. The van der Waals surface area contributed by atoms with Crippen molar-refractivity contribution in [1.82, 2.24) is 5.43 Å². The number of nitrogens with zero attached hydrogens (tertiary/aromatic N) is 1. The maximum Gasteiger partial charge on any atom is 0.277 e. The highest BCUT2D eigenvalue weighted by molar-refractivity contribution is 9.10. The molecule has 0 unspecified atom stereocenters. The molecule has 0 atom stereocenters. The van der Waals surface area contributed by atoms with E-state index in [2.05, 4.69) is 33.4 Å². The van der Waals surface area contributed by atoms with Crippen LogP contribution in [0.4, 0.5) is 0 Å². The predicted octanol–water partition coefficient (Wildman–Crippen LogP) is 3.99. The molecule has 2 aromatic rings. The first-order valence-electron chi connectivity index (χ1n) is 6.95. The van der Waals surface area contributed by atoms with E-state index < -0.39 is 0 Å². The summed E-state index contributed by atoms with van der Waals surface area (Å²) in [7, 11) is 0. The monoisotopic (exact) mass is 380 g/mol. The van der Waals surface area contributed by atoms with E-state index in [1.54, 1.807) is 17.6 Å². The van der Waals surface area contributed by atoms with E-state index in [4.69, 9.17) is 4.74 Å². The molecule has 1 aromatic carbocycles. The molecule has 0 aliphatic heterocycles. The molecular weight excluding hydrogens is 364 g/mol. The Morgan fingerprint density at radius 3 is 3.00 bits per heavy atom. The number of amides is 1. The minimum atomic E-state index is -0.294. The van der Waals surface area contributed by atoms with Crippen LogP contribution in [0.3, 0.4) is 0 Å². The van der Waals surface area contributed by atoms with E-state index in [-0.39, 0.29) is 12.5 Å². The third-order valence-corrected chi connectivity index (χ3v) is 4.24. The summed E-state index contributed by atoms with van der Waals surface area (Å²) in [6.45, 7) is 2.06. The maximum absolute atomic E-state index is 11.7. The fraction of sp³-hybridized carbons (Fsp3) is 0.250. The molecule has 0 bridgehead atoms. The van der Waals surface area contributed by atoms with Gasteiger partial charge in [-0.25, -0.2) is 5.43 Å². The number of aryl methyl sites for hydroxylation is 1. The second-order valence-electron chi connectivity index (χ2n) is 4.61. The van der Waals surface area contributed by atoms with Crippen LogP contribution in [-0.2, 0) is 11.2 Å². The van der Waals surface area contributed by atoms with Crippen molar-refractivity contribution in [2.24, 2.45) is 5.10 Å². The molecule has 0 aliphatic carbocycles. The van der Waals surface area contributed by atoms with Crippen molar-refractivity contribution < 1.29 is 9.53 Å². The Balaban J connectivity index is 1.80. The summed E-state index contributed by atoms with van der Waals surface area (Å²) in [6, 6.07) is 9.75. The zero-order chi connectivity index (χ0) is 15.8. The Hall–Kier alpha value is -1.66. The molecule has 1 aromatic heterocycles. The summed E-state index contributed by atoms with van der Waals surface area (Å²) in [4.78, 5) is 12.6. The van der Waals surface area contributed by atoms with Gasteiger partial charge in [0, 0.05) is 4.88 Å². The summed E-state index contributed by atoms with van der Waals surface area (Å²) >= 11 is 5.02. The number of halogens is 1. The lowest BCUT2D eigenvalue weighted by Gasteiger charge is -2.08. The highest BCUT2D eigenvalue weighted by Gasteiger charge is 2.06. The molecule has 0 spiro atoms. The van der Waals surface area contributed by atoms with E-state index in [1.807, 2.05) is 35.7 Å². The number of ether oxygens (including phenoxy) is 1. The molecule has 2 rings (SSSR count). The van der Waals surface area contributed by atoms with Gasteiger partial charge in [0.1, 0.15) is 5.75 Å². The molecular formula is C16H17BrN2O2S. The van der Waals surface area contributed by atoms with Crippen LogP contribution >= 0.6 is 27.3 Å². The Morgan fingerprint density at radius 2 is 2.32 bits per heavy atom. The quantitative estimate of drug-likeness (QED) is 0.582. The fourth-order valence-electron chi connectivity index (χ4n) is 1.81. The van der Waals surface area contributed by atoms with Gasteiger partial charge in [0.15, 0.2) is 6.61 Å². The number of hydrogen-bond donors (Lipinski definition) is 1. The summed E-state index contributed by atoms with van der Waals surface area (Å²) in [5, 5.41) is 5.83. The number of rotatable bonds is 7. The van der Waals surface area contributed by atoms with Gasteiger partial charge in [-0.1, -0.05) is 25.5 Å². The van der Waals surface area contributed by atoms with Gasteiger partial charge in [0.25, 0.3) is 5.91 Å². The minimum absolute atomic E-state index is 0.0759. The summed E-state index contributed by atoms with van der Waals surface area (Å²) < 4.78 is 6.34. The van der Waals surface area contributed by atoms with E-state index >= 15 is 0 Å². The number of hydrazone groups is 1. The lowest BCUT2D eigenvalue weighted by Crippen LogP contribution is -2.24. The summed E-state index contributed by atoms with van der Waals surface area (Å²) in [5.74, 6) is 0.356. The lowest BCUT2D eigenvalue weighted by atomic mass is 10.1. The zero-order valence-corrected chi connectivity index (χ0v) is 14.6. The van der Waals surface area contributed by atoms with Crippen LogP contribution in [0, 0.1) is 0 Å². The Labute approximate surface area is 142 Å². The van der Waals surface area contributed by atoms with E-state index in [0.717, 1.165) is 22.2 Å². The number of hydrogen-bond acceptors (Lipinski definition) is 4. The van der Waals surface area contributed by atoms with Crippen LogP contribution < -0.4 is 10.2 Å². The van der Waals surface area contributed by atoms with Crippen LogP contribution in [0.1, 0.15) is 23.8 Å². The van der Waals surface area contributed by atoms with Crippen molar-refractivity contribution in [3.05, 3.63) is 50.6 Å². The number of benzene rings is 1. The third kappa shape index (κ3) is 5.27. The molecule has 6 heteroatoms. The van der Waals surface area contributed by atoms with E-state index in [1.165, 1.54) is 5.56 Å². The van der Waals surface area contributed by atoms with Gasteiger partial charge in [-0.15, -0.1) is 11.3 Å². The van der Waals surface area contributed by atoms with Gasteiger partial charge in [0.05, 0.1) is 10.7 Å². The highest BCUT2D eigenvalue weighted by Crippen LogP contribution is 2.26. The largest absolute Gasteiger partial charge is 0.483 e. The van der Waals surface area contributed by atoms with Crippen LogP contribution in [0.5, 0.6) is 5.75 Å². The molecule has 0 aliphatic rings. The van der Waals surface area contributed by atoms with Crippen molar-refractivity contribution in [3.63, 3.8) is 0 Å². The van der Waals surface area contributed by atoms with Crippen LogP contribution in [-0.4, -0.2) is 18.7 Å². The van der Waals surface area contributed by atoms with Crippen LogP contribution in [0.2, 0.25) is 0 Å². The summed E-state index contributed by atoms with van der Waals surface area (Å²) in [5.41, 5.74) is 3.68. The van der Waals surface area contributed by atoms with Crippen LogP contribution in [0.25, 0.3) is 0 Å². The van der Waals surface area contributed by atoms with Gasteiger partial charge >= 0.3 is 0 Å². The first-order valence-corrected chi connectivity index (χ1v) is 8.63. The number of thiophene rings is 1. The van der Waals surface area contributed by atoms with Gasteiger partial charge in [-0.05, 0) is 51.5 Å². The first kappa shape index (κ1) is 16.7. The van der Waals surface area contributed by atoms with Crippen molar-refractivity contribution in [2.45, 2.75) is 19.8 Å². The predicted molar refractivity (Wildman–Crippen MR) is 93.7 cm³/mol. The molecule has 116 valence electrons. The molecule has 1 N–H and O–H groups in total. The standard InChI is InChI=1S/C16H17BrN2O2S/c1-2-4-12-6-7-15(14(17)9-12)21-11-16(20)19-18-10-13-5-3-8-22-13/h3,5-10H,2,4,11H2,1H3,(H,19,20)/b18-10+. The molecule has 22 heavy (non-hydrogen) atoms. The van der Waals surface area contributed by atoms with Crippen molar-refractivity contribution in [2.75, 3.05) is 6.61 Å². The van der Waals surface area contributed by atoms with E-state index in [0.29, 0.717) is 5.75 Å². The molecule has 1 heterocycles. The van der Waals surface area contributed by atoms with Gasteiger partial charge in [-0.3, -0.25) is 4.79 Å². The summed E-state index contributed by atoms with van der Waals surface area (Å²) in [6.07, 6.45) is 3.73. The molecule has 0 radical (unpaired) electrons. The SMILES string of the molecule is CCCc1ccc(OCC(=O)N/N=C/c2cccs2)c(Br)c1. The highest BCUT2D eigenvalue weighted by atomic mass is 79.9. The smallest absolute Gasteiger partial charge is 0.277 e. The Bertz CT molecular complexity index is 642. The zero-order valence-electron chi connectivity index (χ0n) is 12.2. The molecule has 1 amide bonds.